The normalized spacial score (nSPS) is 11.5. The van der Waals surface area contributed by atoms with E-state index in [4.69, 9.17) is 4.98 Å². The van der Waals surface area contributed by atoms with Crippen molar-refractivity contribution in [3.63, 3.8) is 0 Å². The zero-order valence-electron chi connectivity index (χ0n) is 36.7. The van der Waals surface area contributed by atoms with Crippen LogP contribution in [0.5, 0.6) is 0 Å². The van der Waals surface area contributed by atoms with Crippen molar-refractivity contribution in [2.24, 2.45) is 0 Å². The molecule has 0 unspecified atom stereocenters. The van der Waals surface area contributed by atoms with Gasteiger partial charge in [0.25, 0.3) is 0 Å². The van der Waals surface area contributed by atoms with Crippen molar-refractivity contribution in [1.82, 2.24) is 24.1 Å². The first-order valence-electron chi connectivity index (χ1n) is 22.7. The fourth-order valence-electron chi connectivity index (χ4n) is 9.78. The molecule has 0 radical (unpaired) electrons. The summed E-state index contributed by atoms with van der Waals surface area (Å²) in [7, 11) is 0. The SMILES string of the molecule is c1ccc(-n2c3ccccc3c3cc4c5cc(-c6ccc(-c7ccnc(N(c8cccc(-c9ccccn9)c8)c8cccc(-c9ccccn9)c8)c7)s6)ccc5n(-c5ccccc5)c4cc32)cc1. The largest absolute Gasteiger partial charge is 0.309 e. The molecule has 320 valence electrons. The van der Waals surface area contributed by atoms with Gasteiger partial charge in [-0.15, -0.1) is 11.3 Å². The lowest BCUT2D eigenvalue weighted by Crippen LogP contribution is -2.12. The van der Waals surface area contributed by atoms with Crippen LogP contribution in [0.1, 0.15) is 0 Å². The molecule has 0 aliphatic heterocycles. The number of hydrogen-bond donors (Lipinski definition) is 0. The number of fused-ring (bicyclic) bond motifs is 6. The Labute approximate surface area is 397 Å². The highest BCUT2D eigenvalue weighted by Gasteiger charge is 2.21. The number of thiophene rings is 1. The number of hydrogen-bond acceptors (Lipinski definition) is 5. The van der Waals surface area contributed by atoms with E-state index >= 15 is 0 Å². The van der Waals surface area contributed by atoms with Crippen LogP contribution in [-0.2, 0) is 0 Å². The van der Waals surface area contributed by atoms with Gasteiger partial charge in [-0.25, -0.2) is 4.98 Å². The Bertz CT molecular complexity index is 3890. The molecule has 0 saturated heterocycles. The summed E-state index contributed by atoms with van der Waals surface area (Å²) in [5, 5.41) is 4.92. The summed E-state index contributed by atoms with van der Waals surface area (Å²) in [6.45, 7) is 0. The molecule has 6 nitrogen and oxygen atoms in total. The standard InChI is InChI=1S/C61H40N6S/c1-3-17-45(18-4-1)66-55-26-8-7-23-49(55)51-39-52-50-37-43(27-28-56(50)67(58(52)40-57(51)66)46-19-5-2-6-20-46)59-29-30-60(68-59)44-31-34-64-61(38-44)65(47-21-13-15-41(35-47)53-24-9-11-32-62-53)48-22-14-16-42(36-48)54-25-10-12-33-63-54/h1-40H. The van der Waals surface area contributed by atoms with Crippen molar-refractivity contribution >= 4 is 72.1 Å². The Hall–Kier alpha value is -8.91. The molecular weight excluding hydrogens is 849 g/mol. The molecule has 13 rings (SSSR count). The number of aromatic nitrogens is 5. The van der Waals surface area contributed by atoms with Crippen LogP contribution in [0.2, 0.25) is 0 Å². The van der Waals surface area contributed by atoms with E-state index in [-0.39, 0.29) is 0 Å². The monoisotopic (exact) mass is 888 g/mol. The van der Waals surface area contributed by atoms with Crippen molar-refractivity contribution in [1.29, 1.82) is 0 Å². The second-order valence-electron chi connectivity index (χ2n) is 16.9. The Morgan fingerprint density at radius 2 is 0.868 bits per heavy atom. The van der Waals surface area contributed by atoms with E-state index in [0.29, 0.717) is 0 Å². The van der Waals surface area contributed by atoms with Gasteiger partial charge in [0, 0.05) is 83.8 Å². The van der Waals surface area contributed by atoms with Crippen molar-refractivity contribution < 1.29 is 0 Å². The first-order chi connectivity index (χ1) is 33.7. The minimum absolute atomic E-state index is 0.809. The summed E-state index contributed by atoms with van der Waals surface area (Å²) in [5.74, 6) is 0.809. The van der Waals surface area contributed by atoms with Gasteiger partial charge in [0.05, 0.1) is 33.5 Å². The fourth-order valence-corrected chi connectivity index (χ4v) is 10.8. The topological polar surface area (TPSA) is 51.8 Å². The predicted octanol–water partition coefficient (Wildman–Crippen LogP) is 16.3. The van der Waals surface area contributed by atoms with Crippen molar-refractivity contribution in [2.45, 2.75) is 0 Å². The molecule has 13 aromatic rings. The van der Waals surface area contributed by atoms with Gasteiger partial charge in [0.1, 0.15) is 5.82 Å². The minimum Gasteiger partial charge on any atom is -0.309 e. The second-order valence-corrected chi connectivity index (χ2v) is 18.0. The summed E-state index contributed by atoms with van der Waals surface area (Å²) in [6, 6.07) is 79.8. The minimum atomic E-state index is 0.809. The summed E-state index contributed by atoms with van der Waals surface area (Å²) < 4.78 is 4.82. The molecule has 0 aliphatic carbocycles. The average molecular weight is 889 g/mol. The van der Waals surface area contributed by atoms with Gasteiger partial charge in [-0.2, -0.15) is 0 Å². The van der Waals surface area contributed by atoms with Crippen LogP contribution in [0.25, 0.3) is 98.4 Å². The molecule has 0 atom stereocenters. The third-order valence-corrected chi connectivity index (χ3v) is 14.1. The van der Waals surface area contributed by atoms with E-state index < -0.39 is 0 Å². The molecule has 6 aromatic heterocycles. The van der Waals surface area contributed by atoms with Crippen LogP contribution in [0.4, 0.5) is 17.2 Å². The Morgan fingerprint density at radius 1 is 0.324 bits per heavy atom. The molecule has 0 spiro atoms. The molecule has 0 bridgehead atoms. The summed E-state index contributed by atoms with van der Waals surface area (Å²) in [6.07, 6.45) is 5.59. The number of rotatable bonds is 9. The van der Waals surface area contributed by atoms with E-state index in [1.54, 1.807) is 11.3 Å². The van der Waals surface area contributed by atoms with Crippen LogP contribution >= 0.6 is 11.3 Å². The molecule has 7 aromatic carbocycles. The highest BCUT2D eigenvalue weighted by molar-refractivity contribution is 7.18. The lowest BCUT2D eigenvalue weighted by molar-refractivity contribution is 1.16. The lowest BCUT2D eigenvalue weighted by Gasteiger charge is -2.25. The van der Waals surface area contributed by atoms with Gasteiger partial charge < -0.3 is 9.13 Å². The zero-order valence-corrected chi connectivity index (χ0v) is 37.5. The highest BCUT2D eigenvalue weighted by Crippen LogP contribution is 2.44. The average Bonchev–Trinajstić information content (AvgIpc) is 4.12. The van der Waals surface area contributed by atoms with Crippen molar-refractivity contribution in [3.8, 4) is 54.8 Å². The molecule has 0 saturated carbocycles. The van der Waals surface area contributed by atoms with Crippen LogP contribution in [-0.4, -0.2) is 24.1 Å². The van der Waals surface area contributed by atoms with Gasteiger partial charge in [-0.3, -0.25) is 14.9 Å². The summed E-state index contributed by atoms with van der Waals surface area (Å²) in [4.78, 5) is 19.0. The predicted molar refractivity (Wildman–Crippen MR) is 283 cm³/mol. The van der Waals surface area contributed by atoms with Gasteiger partial charge in [0.2, 0.25) is 0 Å². The van der Waals surface area contributed by atoms with E-state index in [2.05, 4.69) is 212 Å². The van der Waals surface area contributed by atoms with Gasteiger partial charge in [0.15, 0.2) is 0 Å². The van der Waals surface area contributed by atoms with Crippen molar-refractivity contribution in [2.75, 3.05) is 4.90 Å². The number of anilines is 3. The van der Waals surface area contributed by atoms with E-state index in [0.717, 1.165) is 61.5 Å². The van der Waals surface area contributed by atoms with Crippen molar-refractivity contribution in [3.05, 3.63) is 243 Å². The van der Waals surface area contributed by atoms with E-state index in [1.165, 1.54) is 54.1 Å². The van der Waals surface area contributed by atoms with Crippen LogP contribution in [0.15, 0.2) is 243 Å². The lowest BCUT2D eigenvalue weighted by atomic mass is 10.1. The Morgan fingerprint density at radius 3 is 1.49 bits per heavy atom. The van der Waals surface area contributed by atoms with Gasteiger partial charge in [-0.1, -0.05) is 97.1 Å². The number of para-hydroxylation sites is 3. The molecule has 0 amide bonds. The van der Waals surface area contributed by atoms with Crippen LogP contribution < -0.4 is 4.90 Å². The number of pyridine rings is 3. The molecule has 0 fully saturated rings. The van der Waals surface area contributed by atoms with E-state index in [1.807, 2.05) is 55.0 Å². The molecule has 7 heteroatoms. The Balaban J connectivity index is 0.928. The molecule has 0 N–H and O–H groups in total. The second kappa shape index (κ2) is 16.5. The third-order valence-electron chi connectivity index (χ3n) is 12.9. The third kappa shape index (κ3) is 6.84. The number of nitrogens with zero attached hydrogens (tertiary/aromatic N) is 6. The maximum absolute atomic E-state index is 5.03. The zero-order chi connectivity index (χ0) is 45.0. The van der Waals surface area contributed by atoms with Crippen LogP contribution in [0, 0.1) is 0 Å². The maximum atomic E-state index is 5.03. The molecule has 6 heterocycles. The fraction of sp³-hybridized carbons (Fsp3) is 0. The maximum Gasteiger partial charge on any atom is 0.138 e. The summed E-state index contributed by atoms with van der Waals surface area (Å²) >= 11 is 1.80. The first kappa shape index (κ1) is 39.5. The summed E-state index contributed by atoms with van der Waals surface area (Å²) in [5.41, 5.74) is 15.1. The van der Waals surface area contributed by atoms with Gasteiger partial charge in [-0.05, 0) is 139 Å². The number of benzene rings is 7. The smallest absolute Gasteiger partial charge is 0.138 e. The van der Waals surface area contributed by atoms with Gasteiger partial charge >= 0.3 is 0 Å². The first-order valence-corrected chi connectivity index (χ1v) is 23.6. The quantitative estimate of drug-likeness (QED) is 0.145. The Kier molecular flexibility index (Phi) is 9.58. The molecular formula is C61H40N6S. The van der Waals surface area contributed by atoms with Crippen LogP contribution in [0.3, 0.4) is 0 Å². The molecule has 68 heavy (non-hydrogen) atoms. The molecule has 0 aliphatic rings. The van der Waals surface area contributed by atoms with E-state index in [9.17, 15) is 0 Å². The highest BCUT2D eigenvalue weighted by atomic mass is 32.1.